The van der Waals surface area contributed by atoms with Crippen molar-refractivity contribution in [1.82, 2.24) is 9.78 Å². The van der Waals surface area contributed by atoms with Gasteiger partial charge in [-0.15, -0.1) is 0 Å². The average molecular weight is 408 g/mol. The highest BCUT2D eigenvalue weighted by Gasteiger charge is 2.18. The molecule has 1 aromatic heterocycles. The molecule has 108 valence electrons. The van der Waals surface area contributed by atoms with Gasteiger partial charge in [-0.1, -0.05) is 24.6 Å². The number of nitrogens with zero attached hydrogens (tertiary/aromatic N) is 2. The Balaban J connectivity index is 2.27. The minimum atomic E-state index is -0.253. The first-order chi connectivity index (χ1) is 9.43. The van der Waals surface area contributed by atoms with Gasteiger partial charge < -0.3 is 5.73 Å². The Bertz CT molecular complexity index is 627. The second kappa shape index (κ2) is 6.41. The van der Waals surface area contributed by atoms with Crippen molar-refractivity contribution in [1.29, 1.82) is 0 Å². The van der Waals surface area contributed by atoms with Crippen LogP contribution in [0.5, 0.6) is 0 Å². The molecule has 3 nitrogen and oxygen atoms in total. The molecule has 0 saturated heterocycles. The predicted molar refractivity (Wildman–Crippen MR) is 87.3 cm³/mol. The first-order valence-corrected chi connectivity index (χ1v) is 7.80. The summed E-state index contributed by atoms with van der Waals surface area (Å²) in [6.45, 7) is 2.01. The summed E-state index contributed by atoms with van der Waals surface area (Å²) in [5.41, 5.74) is 8.95. The Kier molecular flexibility index (Phi) is 5.04. The van der Waals surface area contributed by atoms with Gasteiger partial charge in [0.25, 0.3) is 0 Å². The maximum atomic E-state index is 13.1. The third-order valence-corrected chi connectivity index (χ3v) is 4.65. The van der Waals surface area contributed by atoms with E-state index in [1.54, 1.807) is 10.7 Å². The fraction of sp³-hybridized carbons (Fsp3) is 0.357. The Morgan fingerprint density at radius 2 is 2.20 bits per heavy atom. The number of nitrogens with two attached hydrogens (primary N) is 1. The molecule has 20 heavy (non-hydrogen) atoms. The van der Waals surface area contributed by atoms with E-state index in [9.17, 15) is 4.39 Å². The summed E-state index contributed by atoms with van der Waals surface area (Å²) < 4.78 is 15.7. The van der Waals surface area contributed by atoms with E-state index in [1.165, 1.54) is 12.1 Å². The quantitative estimate of drug-likeness (QED) is 0.787. The van der Waals surface area contributed by atoms with E-state index in [1.807, 2.05) is 14.0 Å². The van der Waals surface area contributed by atoms with Crippen LogP contribution in [0.3, 0.4) is 0 Å². The van der Waals surface area contributed by atoms with Gasteiger partial charge in [-0.3, -0.25) is 4.68 Å². The van der Waals surface area contributed by atoms with Crippen molar-refractivity contribution in [2.45, 2.75) is 25.8 Å². The van der Waals surface area contributed by atoms with Crippen LogP contribution in [0.15, 0.2) is 18.2 Å². The van der Waals surface area contributed by atoms with Gasteiger partial charge in [-0.05, 0) is 46.7 Å². The van der Waals surface area contributed by atoms with E-state index in [4.69, 9.17) is 17.3 Å². The zero-order chi connectivity index (χ0) is 14.9. The number of hydrogen-bond acceptors (Lipinski definition) is 2. The number of hydrogen-bond donors (Lipinski definition) is 1. The molecule has 0 amide bonds. The van der Waals surface area contributed by atoms with E-state index in [0.29, 0.717) is 11.4 Å². The fourth-order valence-electron chi connectivity index (χ4n) is 2.16. The molecule has 2 rings (SSSR count). The number of rotatable bonds is 4. The van der Waals surface area contributed by atoms with E-state index in [0.717, 1.165) is 26.9 Å². The van der Waals surface area contributed by atoms with Crippen molar-refractivity contribution >= 4 is 34.2 Å². The van der Waals surface area contributed by atoms with Gasteiger partial charge in [0.1, 0.15) is 5.82 Å². The summed E-state index contributed by atoms with van der Waals surface area (Å²) in [6.07, 6.45) is 1.36. The van der Waals surface area contributed by atoms with E-state index in [2.05, 4.69) is 27.7 Å². The number of halogens is 3. The number of benzene rings is 1. The van der Waals surface area contributed by atoms with Gasteiger partial charge in [0.05, 0.1) is 16.4 Å². The maximum Gasteiger partial charge on any atom is 0.124 e. The fourth-order valence-corrected chi connectivity index (χ4v) is 3.41. The van der Waals surface area contributed by atoms with E-state index < -0.39 is 0 Å². The van der Waals surface area contributed by atoms with Crippen LogP contribution in [0.4, 0.5) is 4.39 Å². The van der Waals surface area contributed by atoms with Gasteiger partial charge in [-0.25, -0.2) is 4.39 Å². The largest absolute Gasteiger partial charge is 0.324 e. The summed E-state index contributed by atoms with van der Waals surface area (Å²) in [5, 5.41) is 5.06. The van der Waals surface area contributed by atoms with Crippen molar-refractivity contribution in [2.24, 2.45) is 12.8 Å². The van der Waals surface area contributed by atoms with Gasteiger partial charge in [0.2, 0.25) is 0 Å². The molecule has 2 aromatic rings. The second-order valence-electron chi connectivity index (χ2n) is 4.66. The molecule has 1 unspecified atom stereocenters. The van der Waals surface area contributed by atoms with Crippen LogP contribution in [0.2, 0.25) is 5.02 Å². The van der Waals surface area contributed by atoms with Crippen molar-refractivity contribution in [3.8, 4) is 0 Å². The Hall–Kier alpha value is -0.660. The minimum absolute atomic E-state index is 0.236. The topological polar surface area (TPSA) is 43.8 Å². The molecule has 6 heteroatoms. The maximum absolute atomic E-state index is 13.1. The average Bonchev–Trinajstić information content (AvgIpc) is 2.66. The molecule has 0 aliphatic rings. The van der Waals surface area contributed by atoms with Crippen molar-refractivity contribution < 1.29 is 4.39 Å². The van der Waals surface area contributed by atoms with Gasteiger partial charge in [0.15, 0.2) is 0 Å². The van der Waals surface area contributed by atoms with Crippen LogP contribution in [-0.4, -0.2) is 9.78 Å². The van der Waals surface area contributed by atoms with Crippen LogP contribution < -0.4 is 5.73 Å². The molecule has 0 spiro atoms. The highest BCUT2D eigenvalue weighted by atomic mass is 127. The monoisotopic (exact) mass is 407 g/mol. The number of aryl methyl sites for hydroxylation is 2. The molecular weight excluding hydrogens is 392 g/mol. The standard InChI is InChI=1S/C14H16ClFIN3/c1-3-12-14(15)13(20(2)19-12)7-11(18)9-5-4-8(16)6-10(9)17/h4-6,11H,3,7,18H2,1-2H3. The van der Waals surface area contributed by atoms with Crippen LogP contribution >= 0.6 is 34.2 Å². The van der Waals surface area contributed by atoms with Crippen LogP contribution in [0, 0.1) is 9.39 Å². The van der Waals surface area contributed by atoms with Crippen molar-refractivity contribution in [3.63, 3.8) is 0 Å². The highest BCUT2D eigenvalue weighted by Crippen LogP contribution is 2.27. The highest BCUT2D eigenvalue weighted by molar-refractivity contribution is 14.1. The lowest BCUT2D eigenvalue weighted by molar-refractivity contribution is 0.616. The molecule has 1 atom stereocenters. The second-order valence-corrected chi connectivity index (χ2v) is 6.20. The summed E-state index contributed by atoms with van der Waals surface area (Å²) in [6, 6.07) is 4.41. The zero-order valence-electron chi connectivity index (χ0n) is 11.3. The predicted octanol–water partition coefficient (Wildman–Crippen LogP) is 3.62. The summed E-state index contributed by atoms with van der Waals surface area (Å²) in [5.74, 6) is -0.253. The molecular formula is C14H16ClFIN3. The summed E-state index contributed by atoms with van der Waals surface area (Å²) in [4.78, 5) is 0. The molecule has 0 aliphatic heterocycles. The van der Waals surface area contributed by atoms with E-state index in [-0.39, 0.29) is 11.9 Å². The van der Waals surface area contributed by atoms with Crippen molar-refractivity contribution in [2.75, 3.05) is 0 Å². The minimum Gasteiger partial charge on any atom is -0.324 e. The van der Waals surface area contributed by atoms with Gasteiger partial charge in [0, 0.05) is 23.1 Å². The van der Waals surface area contributed by atoms with E-state index >= 15 is 0 Å². The van der Waals surface area contributed by atoms with Crippen molar-refractivity contribution in [3.05, 3.63) is 49.6 Å². The Morgan fingerprint density at radius 3 is 2.75 bits per heavy atom. The Labute approximate surface area is 136 Å². The van der Waals surface area contributed by atoms with Gasteiger partial charge >= 0.3 is 0 Å². The van der Waals surface area contributed by atoms with Crippen LogP contribution in [0.1, 0.15) is 29.9 Å². The third-order valence-electron chi connectivity index (χ3n) is 3.28. The lowest BCUT2D eigenvalue weighted by Crippen LogP contribution is -2.17. The molecule has 1 heterocycles. The molecule has 0 radical (unpaired) electrons. The lowest BCUT2D eigenvalue weighted by atomic mass is 10.0. The summed E-state index contributed by atoms with van der Waals surface area (Å²) >= 11 is 8.42. The smallest absolute Gasteiger partial charge is 0.124 e. The molecule has 0 bridgehead atoms. The third kappa shape index (κ3) is 3.15. The molecule has 2 N–H and O–H groups in total. The zero-order valence-corrected chi connectivity index (χ0v) is 14.2. The lowest BCUT2D eigenvalue weighted by Gasteiger charge is -2.14. The first-order valence-electron chi connectivity index (χ1n) is 6.34. The summed E-state index contributed by atoms with van der Waals surface area (Å²) in [7, 11) is 1.86. The first kappa shape index (κ1) is 15.7. The normalized spacial score (nSPS) is 12.7. The molecule has 0 fully saturated rings. The molecule has 1 aromatic carbocycles. The van der Waals surface area contributed by atoms with Gasteiger partial charge in [-0.2, -0.15) is 5.10 Å². The van der Waals surface area contributed by atoms with Crippen LogP contribution in [0.25, 0.3) is 0 Å². The Morgan fingerprint density at radius 1 is 1.50 bits per heavy atom. The SMILES string of the molecule is CCc1nn(C)c(CC(N)c2ccc(F)cc2I)c1Cl. The molecule has 0 aliphatic carbocycles. The van der Waals surface area contributed by atoms with Crippen LogP contribution in [-0.2, 0) is 19.9 Å². The molecule has 0 saturated carbocycles. The number of aromatic nitrogens is 2.